The summed E-state index contributed by atoms with van der Waals surface area (Å²) in [4.78, 5) is 52.3. The summed E-state index contributed by atoms with van der Waals surface area (Å²) in [6.07, 6.45) is 5.39. The van der Waals surface area contributed by atoms with Gasteiger partial charge in [0.25, 0.3) is 12.0 Å². The van der Waals surface area contributed by atoms with Gasteiger partial charge in [-0.2, -0.15) is 0 Å². The van der Waals surface area contributed by atoms with Gasteiger partial charge in [-0.15, -0.1) is 0 Å². The van der Waals surface area contributed by atoms with E-state index in [1.54, 1.807) is 18.3 Å². The molecule has 3 saturated heterocycles. The average Bonchev–Trinajstić information content (AvgIpc) is 2.73. The fourth-order valence-electron chi connectivity index (χ4n) is 5.42. The minimum atomic E-state index is -0.250. The zero-order chi connectivity index (χ0) is 22.5. The van der Waals surface area contributed by atoms with E-state index in [9.17, 15) is 14.4 Å². The summed E-state index contributed by atoms with van der Waals surface area (Å²) in [7, 11) is 4.09. The SMILES string of the molecule is CN(C)C[C@H]1[C@H]2C[C@H](CN(C(=O)Cn3ccccc3=O)C2)[C@@H]2CCCC(=O)N21.O=CO. The first kappa shape index (κ1) is 23.0. The van der Waals surface area contributed by atoms with Gasteiger partial charge in [-0.25, -0.2) is 0 Å². The van der Waals surface area contributed by atoms with Crippen molar-refractivity contribution in [3.8, 4) is 0 Å². The van der Waals surface area contributed by atoms with Gasteiger partial charge in [0.05, 0.1) is 0 Å². The van der Waals surface area contributed by atoms with E-state index in [-0.39, 0.29) is 42.5 Å². The molecular formula is C22H32N4O5. The molecule has 0 spiro atoms. The van der Waals surface area contributed by atoms with Gasteiger partial charge in [0.15, 0.2) is 0 Å². The van der Waals surface area contributed by atoms with Crippen LogP contribution in [0.15, 0.2) is 29.2 Å². The van der Waals surface area contributed by atoms with E-state index >= 15 is 0 Å². The van der Waals surface area contributed by atoms with Crippen LogP contribution in [-0.2, 0) is 20.9 Å². The van der Waals surface area contributed by atoms with Crippen LogP contribution >= 0.6 is 0 Å². The topological polar surface area (TPSA) is 103 Å². The molecule has 0 aliphatic carbocycles. The van der Waals surface area contributed by atoms with Crippen molar-refractivity contribution in [3.63, 3.8) is 0 Å². The molecule has 3 aliphatic heterocycles. The standard InChI is InChI=1S/C21H30N4O3.CH2O2/c1-22(2)13-18-16-10-15(17-6-5-8-20(27)25(17)18)11-24(12-16)21(28)14-23-9-4-3-7-19(23)26;2-1-3/h3-4,7,9,15-18H,5-6,8,10-14H2,1-2H3;1H,(H,2,3)/t15-,16+,17+,18+;/m1./s1. The lowest BCUT2D eigenvalue weighted by Gasteiger charge is -2.57. The highest BCUT2D eigenvalue weighted by atomic mass is 16.3. The number of carboxylic acid groups (broad SMARTS) is 1. The molecule has 4 atom stereocenters. The monoisotopic (exact) mass is 432 g/mol. The molecule has 4 rings (SSSR count). The number of hydrogen-bond donors (Lipinski definition) is 1. The van der Waals surface area contributed by atoms with Gasteiger partial charge in [0, 0.05) is 50.4 Å². The van der Waals surface area contributed by atoms with Gasteiger partial charge in [-0.3, -0.25) is 19.2 Å². The third-order valence-electron chi connectivity index (χ3n) is 6.61. The molecule has 1 aromatic heterocycles. The van der Waals surface area contributed by atoms with Crippen molar-refractivity contribution in [1.29, 1.82) is 0 Å². The van der Waals surface area contributed by atoms with Crippen molar-refractivity contribution in [1.82, 2.24) is 19.3 Å². The predicted molar refractivity (Wildman–Crippen MR) is 114 cm³/mol. The van der Waals surface area contributed by atoms with E-state index in [0.29, 0.717) is 31.3 Å². The Morgan fingerprint density at radius 3 is 2.61 bits per heavy atom. The fraction of sp³-hybridized carbons (Fsp3) is 0.636. The Morgan fingerprint density at radius 1 is 1.23 bits per heavy atom. The van der Waals surface area contributed by atoms with Crippen LogP contribution in [0.25, 0.3) is 0 Å². The molecule has 2 amide bonds. The highest BCUT2D eigenvalue weighted by molar-refractivity contribution is 5.78. The summed E-state index contributed by atoms with van der Waals surface area (Å²) in [6, 6.07) is 5.36. The third kappa shape index (κ3) is 5.15. The van der Waals surface area contributed by atoms with Crippen molar-refractivity contribution in [2.75, 3.05) is 33.7 Å². The van der Waals surface area contributed by atoms with E-state index < -0.39 is 0 Å². The lowest BCUT2D eigenvalue weighted by molar-refractivity contribution is -0.157. The number of carbonyl (C=O) groups is 3. The number of pyridine rings is 1. The van der Waals surface area contributed by atoms with Crippen molar-refractivity contribution in [3.05, 3.63) is 34.7 Å². The summed E-state index contributed by atoms with van der Waals surface area (Å²) in [5.74, 6) is 0.935. The summed E-state index contributed by atoms with van der Waals surface area (Å²) in [5.41, 5.74) is -0.150. The Hall–Kier alpha value is -2.68. The molecule has 3 aliphatic rings. The molecule has 1 aromatic rings. The number of aromatic nitrogens is 1. The zero-order valence-electron chi connectivity index (χ0n) is 18.2. The maximum atomic E-state index is 13.0. The van der Waals surface area contributed by atoms with Crippen molar-refractivity contribution in [2.45, 2.75) is 44.3 Å². The minimum Gasteiger partial charge on any atom is -0.483 e. The van der Waals surface area contributed by atoms with Crippen LogP contribution in [0.2, 0.25) is 0 Å². The molecule has 1 N–H and O–H groups in total. The number of nitrogens with zero attached hydrogens (tertiary/aromatic N) is 4. The van der Waals surface area contributed by atoms with Crippen LogP contribution < -0.4 is 5.56 Å². The second-order valence-electron chi connectivity index (χ2n) is 8.92. The highest BCUT2D eigenvalue weighted by Gasteiger charge is 2.49. The maximum absolute atomic E-state index is 13.0. The first-order valence-electron chi connectivity index (χ1n) is 10.8. The van der Waals surface area contributed by atoms with Crippen LogP contribution in [0.3, 0.4) is 0 Å². The number of amides is 2. The molecule has 9 heteroatoms. The Balaban J connectivity index is 0.000000858. The summed E-state index contributed by atoms with van der Waals surface area (Å²) < 4.78 is 1.47. The number of piperidine rings is 3. The van der Waals surface area contributed by atoms with Crippen LogP contribution in [-0.4, -0.2) is 88.5 Å². The quantitative estimate of drug-likeness (QED) is 0.689. The van der Waals surface area contributed by atoms with Crippen LogP contribution in [0.5, 0.6) is 0 Å². The van der Waals surface area contributed by atoms with E-state index in [4.69, 9.17) is 9.90 Å². The second kappa shape index (κ2) is 10.1. The Bertz CT molecular complexity index is 854. The number of likely N-dealkylation sites (N-methyl/N-ethyl adjacent to an activating group) is 1. The van der Waals surface area contributed by atoms with E-state index in [2.05, 4.69) is 9.80 Å². The fourth-order valence-corrected chi connectivity index (χ4v) is 5.42. The van der Waals surface area contributed by atoms with E-state index in [1.807, 2.05) is 19.0 Å². The molecule has 170 valence electrons. The third-order valence-corrected chi connectivity index (χ3v) is 6.61. The molecule has 2 bridgehead atoms. The summed E-state index contributed by atoms with van der Waals surface area (Å²) in [6.45, 7) is 2.04. The van der Waals surface area contributed by atoms with Crippen molar-refractivity contribution >= 4 is 18.3 Å². The van der Waals surface area contributed by atoms with Crippen LogP contribution in [0, 0.1) is 11.8 Å². The van der Waals surface area contributed by atoms with E-state index in [1.165, 1.54) is 10.6 Å². The number of carbonyl (C=O) groups excluding carboxylic acids is 2. The molecule has 4 heterocycles. The normalized spacial score (nSPS) is 27.3. The molecule has 0 unspecified atom stereocenters. The lowest BCUT2D eigenvalue weighted by Crippen LogP contribution is -2.67. The summed E-state index contributed by atoms with van der Waals surface area (Å²) in [5, 5.41) is 6.89. The van der Waals surface area contributed by atoms with Gasteiger partial charge in [-0.05, 0) is 51.3 Å². The zero-order valence-corrected chi connectivity index (χ0v) is 18.2. The van der Waals surface area contributed by atoms with Gasteiger partial charge < -0.3 is 24.4 Å². The van der Waals surface area contributed by atoms with Crippen LogP contribution in [0.4, 0.5) is 0 Å². The Kier molecular flexibility index (Phi) is 7.48. The lowest BCUT2D eigenvalue weighted by atomic mass is 9.72. The van der Waals surface area contributed by atoms with Crippen molar-refractivity contribution < 1.29 is 19.5 Å². The largest absolute Gasteiger partial charge is 0.483 e. The number of fused-ring (bicyclic) bond motifs is 4. The van der Waals surface area contributed by atoms with Crippen molar-refractivity contribution in [2.24, 2.45) is 11.8 Å². The first-order chi connectivity index (χ1) is 14.8. The number of rotatable bonds is 4. The van der Waals surface area contributed by atoms with Crippen LogP contribution in [0.1, 0.15) is 25.7 Å². The van der Waals surface area contributed by atoms with Gasteiger partial charge in [0.1, 0.15) is 6.54 Å². The molecule has 9 nitrogen and oxygen atoms in total. The molecule has 0 saturated carbocycles. The summed E-state index contributed by atoms with van der Waals surface area (Å²) >= 11 is 0. The number of hydrogen-bond acceptors (Lipinski definition) is 5. The molecule has 31 heavy (non-hydrogen) atoms. The average molecular weight is 433 g/mol. The molecule has 3 fully saturated rings. The molecule has 0 radical (unpaired) electrons. The second-order valence-corrected chi connectivity index (χ2v) is 8.92. The molecular weight excluding hydrogens is 400 g/mol. The predicted octanol–water partition coefficient (Wildman–Crippen LogP) is 0.339. The smallest absolute Gasteiger partial charge is 0.290 e. The Labute approximate surface area is 182 Å². The minimum absolute atomic E-state index is 0.00203. The first-order valence-corrected chi connectivity index (χ1v) is 10.8. The van der Waals surface area contributed by atoms with E-state index in [0.717, 1.165) is 25.8 Å². The molecule has 0 aromatic carbocycles. The highest BCUT2D eigenvalue weighted by Crippen LogP contribution is 2.41. The Morgan fingerprint density at radius 2 is 1.94 bits per heavy atom. The maximum Gasteiger partial charge on any atom is 0.290 e. The van der Waals surface area contributed by atoms with Gasteiger partial charge in [0.2, 0.25) is 11.8 Å². The van der Waals surface area contributed by atoms with Gasteiger partial charge in [-0.1, -0.05) is 6.07 Å². The van der Waals surface area contributed by atoms with Gasteiger partial charge >= 0.3 is 0 Å². The number of likely N-dealkylation sites (tertiary alicyclic amines) is 1.